The van der Waals surface area contributed by atoms with E-state index in [0.29, 0.717) is 38.3 Å². The molecule has 5 nitrogen and oxygen atoms in total. The van der Waals surface area contributed by atoms with Crippen LogP contribution in [0.4, 0.5) is 4.39 Å². The van der Waals surface area contributed by atoms with Gasteiger partial charge in [0.1, 0.15) is 5.82 Å². The summed E-state index contributed by atoms with van der Waals surface area (Å²) in [7, 11) is 0. The van der Waals surface area contributed by atoms with Crippen molar-refractivity contribution in [3.63, 3.8) is 0 Å². The van der Waals surface area contributed by atoms with Gasteiger partial charge in [0.25, 0.3) is 0 Å². The second-order valence-electron chi connectivity index (χ2n) is 7.89. The number of carbonyl (C=O) groups excluding carboxylic acids is 1. The van der Waals surface area contributed by atoms with Crippen LogP contribution in [0.1, 0.15) is 35.7 Å². The predicted octanol–water partition coefficient (Wildman–Crippen LogP) is 2.85. The molecule has 1 unspecified atom stereocenters. The Labute approximate surface area is 171 Å². The van der Waals surface area contributed by atoms with E-state index in [9.17, 15) is 9.18 Å². The number of benzene rings is 1. The molecule has 2 aliphatic rings. The molecule has 2 aliphatic heterocycles. The van der Waals surface area contributed by atoms with Gasteiger partial charge in [-0.25, -0.2) is 4.39 Å². The number of morpholine rings is 1. The van der Waals surface area contributed by atoms with Gasteiger partial charge >= 0.3 is 0 Å². The van der Waals surface area contributed by atoms with Gasteiger partial charge in [-0.3, -0.25) is 14.7 Å². The Balaban J connectivity index is 1.40. The molecule has 1 aromatic heterocycles. The minimum atomic E-state index is -0.197. The average Bonchev–Trinajstić information content (AvgIpc) is 2.76. The maximum Gasteiger partial charge on any atom is 0.236 e. The fourth-order valence-corrected chi connectivity index (χ4v) is 4.16. The van der Waals surface area contributed by atoms with Crippen LogP contribution in [0.5, 0.6) is 0 Å². The highest BCUT2D eigenvalue weighted by Crippen LogP contribution is 2.26. The van der Waals surface area contributed by atoms with Crippen LogP contribution >= 0.6 is 0 Å². The molecular formula is C23H28FN3O2. The van der Waals surface area contributed by atoms with Gasteiger partial charge in [0.15, 0.2) is 0 Å². The van der Waals surface area contributed by atoms with E-state index >= 15 is 0 Å². The number of likely N-dealkylation sites (tertiary alicyclic amines) is 1. The molecule has 1 amide bonds. The van der Waals surface area contributed by atoms with Gasteiger partial charge < -0.3 is 9.64 Å². The summed E-state index contributed by atoms with van der Waals surface area (Å²) in [5, 5.41) is 0. The number of halogens is 1. The molecule has 6 heteroatoms. The predicted molar refractivity (Wildman–Crippen MR) is 109 cm³/mol. The normalized spacial score (nSPS) is 20.6. The quantitative estimate of drug-likeness (QED) is 0.778. The van der Waals surface area contributed by atoms with Crippen LogP contribution in [0.3, 0.4) is 0 Å². The third-order valence-corrected chi connectivity index (χ3v) is 5.81. The second-order valence-corrected chi connectivity index (χ2v) is 7.89. The number of rotatable bonds is 5. The first-order valence-electron chi connectivity index (χ1n) is 10.5. The Morgan fingerprint density at radius 2 is 1.93 bits per heavy atom. The number of piperidine rings is 1. The molecule has 29 heavy (non-hydrogen) atoms. The zero-order valence-electron chi connectivity index (χ0n) is 16.7. The van der Waals surface area contributed by atoms with Crippen molar-refractivity contribution in [2.75, 3.05) is 45.9 Å². The van der Waals surface area contributed by atoms with E-state index in [2.05, 4.69) is 4.90 Å². The van der Waals surface area contributed by atoms with Gasteiger partial charge in [-0.15, -0.1) is 0 Å². The zero-order valence-corrected chi connectivity index (χ0v) is 16.7. The van der Waals surface area contributed by atoms with Crippen LogP contribution in [0.25, 0.3) is 0 Å². The SMILES string of the molecule is O=C(CN1CCOCC1)N1CCCC(c2cccc(Cc3ccccc3F)n2)C1. The van der Waals surface area contributed by atoms with Gasteiger partial charge in [0, 0.05) is 49.9 Å². The van der Waals surface area contributed by atoms with E-state index in [1.165, 1.54) is 6.07 Å². The Morgan fingerprint density at radius 1 is 1.10 bits per heavy atom. The van der Waals surface area contributed by atoms with Crippen LogP contribution in [0, 0.1) is 5.82 Å². The number of pyridine rings is 1. The molecule has 1 aromatic carbocycles. The summed E-state index contributed by atoms with van der Waals surface area (Å²) in [5.74, 6) is 0.231. The fraction of sp³-hybridized carbons (Fsp3) is 0.478. The van der Waals surface area contributed by atoms with E-state index in [1.54, 1.807) is 12.1 Å². The van der Waals surface area contributed by atoms with Crippen LogP contribution in [-0.2, 0) is 16.0 Å². The van der Waals surface area contributed by atoms with E-state index in [-0.39, 0.29) is 17.6 Å². The van der Waals surface area contributed by atoms with Crippen molar-refractivity contribution < 1.29 is 13.9 Å². The Bertz CT molecular complexity index is 838. The lowest BCUT2D eigenvalue weighted by molar-refractivity contribution is -0.134. The molecule has 0 bridgehead atoms. The van der Waals surface area contributed by atoms with Crippen LogP contribution < -0.4 is 0 Å². The average molecular weight is 397 g/mol. The van der Waals surface area contributed by atoms with Crippen molar-refractivity contribution in [1.29, 1.82) is 0 Å². The van der Waals surface area contributed by atoms with Crippen LogP contribution in [0.2, 0.25) is 0 Å². The first-order chi connectivity index (χ1) is 14.2. The van der Waals surface area contributed by atoms with Gasteiger partial charge in [0.05, 0.1) is 19.8 Å². The van der Waals surface area contributed by atoms with Gasteiger partial charge in [-0.1, -0.05) is 24.3 Å². The van der Waals surface area contributed by atoms with Crippen molar-refractivity contribution in [2.24, 2.45) is 0 Å². The summed E-state index contributed by atoms with van der Waals surface area (Å²) in [6.45, 7) is 5.04. The van der Waals surface area contributed by atoms with Crippen molar-refractivity contribution >= 4 is 5.91 Å². The molecule has 2 aromatic rings. The van der Waals surface area contributed by atoms with E-state index in [4.69, 9.17) is 9.72 Å². The molecule has 0 aliphatic carbocycles. The molecule has 0 N–H and O–H groups in total. The zero-order chi connectivity index (χ0) is 20.1. The van der Waals surface area contributed by atoms with Crippen molar-refractivity contribution in [3.05, 3.63) is 65.2 Å². The number of aromatic nitrogens is 1. The molecule has 1 atom stereocenters. The first kappa shape index (κ1) is 20.0. The van der Waals surface area contributed by atoms with Crippen LogP contribution in [-0.4, -0.2) is 66.6 Å². The van der Waals surface area contributed by atoms with Gasteiger partial charge in [-0.2, -0.15) is 0 Å². The molecule has 0 saturated carbocycles. The molecule has 2 fully saturated rings. The lowest BCUT2D eigenvalue weighted by Crippen LogP contribution is -2.47. The van der Waals surface area contributed by atoms with Crippen LogP contribution in [0.15, 0.2) is 42.5 Å². The summed E-state index contributed by atoms with van der Waals surface area (Å²) < 4.78 is 19.3. The first-order valence-corrected chi connectivity index (χ1v) is 10.5. The maximum absolute atomic E-state index is 14.0. The minimum absolute atomic E-state index is 0.194. The highest BCUT2D eigenvalue weighted by atomic mass is 19.1. The molecule has 2 saturated heterocycles. The third kappa shape index (κ3) is 5.19. The molecule has 4 rings (SSSR count). The number of ether oxygens (including phenoxy) is 1. The summed E-state index contributed by atoms with van der Waals surface area (Å²) in [6, 6.07) is 12.8. The molecule has 154 valence electrons. The summed E-state index contributed by atoms with van der Waals surface area (Å²) in [4.78, 5) is 21.7. The highest BCUT2D eigenvalue weighted by Gasteiger charge is 2.27. The second kappa shape index (κ2) is 9.46. The third-order valence-electron chi connectivity index (χ3n) is 5.81. The lowest BCUT2D eigenvalue weighted by Gasteiger charge is -2.35. The highest BCUT2D eigenvalue weighted by molar-refractivity contribution is 5.78. The molecule has 3 heterocycles. The molecule has 0 spiro atoms. The Kier molecular flexibility index (Phi) is 6.52. The van der Waals surface area contributed by atoms with Gasteiger partial charge in [0.2, 0.25) is 5.91 Å². The Morgan fingerprint density at radius 3 is 2.76 bits per heavy atom. The standard InChI is InChI=1S/C23H28FN3O2/c24-21-8-2-1-5-18(21)15-20-7-3-9-22(25-20)19-6-4-10-27(16-19)23(28)17-26-11-13-29-14-12-26/h1-3,5,7-9,19H,4,6,10-17H2. The monoisotopic (exact) mass is 397 g/mol. The smallest absolute Gasteiger partial charge is 0.236 e. The fourth-order valence-electron chi connectivity index (χ4n) is 4.16. The number of nitrogens with zero attached hydrogens (tertiary/aromatic N) is 3. The van der Waals surface area contributed by atoms with Gasteiger partial charge in [-0.05, 0) is 36.6 Å². The Hall–Kier alpha value is -2.31. The number of hydrogen-bond donors (Lipinski definition) is 0. The van der Waals surface area contributed by atoms with Crippen molar-refractivity contribution in [3.8, 4) is 0 Å². The van der Waals surface area contributed by atoms with E-state index in [1.807, 2.05) is 29.2 Å². The summed E-state index contributed by atoms with van der Waals surface area (Å²) in [6.07, 6.45) is 2.49. The number of carbonyl (C=O) groups is 1. The van der Waals surface area contributed by atoms with E-state index in [0.717, 1.165) is 43.9 Å². The maximum atomic E-state index is 14.0. The van der Waals surface area contributed by atoms with Crippen molar-refractivity contribution in [1.82, 2.24) is 14.8 Å². The summed E-state index contributed by atoms with van der Waals surface area (Å²) in [5.41, 5.74) is 2.52. The largest absolute Gasteiger partial charge is 0.379 e. The molecule has 0 radical (unpaired) electrons. The topological polar surface area (TPSA) is 45.7 Å². The number of amides is 1. The molecular weight excluding hydrogens is 369 g/mol. The van der Waals surface area contributed by atoms with Crippen molar-refractivity contribution in [2.45, 2.75) is 25.2 Å². The van der Waals surface area contributed by atoms with E-state index < -0.39 is 0 Å². The number of hydrogen-bond acceptors (Lipinski definition) is 4. The minimum Gasteiger partial charge on any atom is -0.379 e. The summed E-state index contributed by atoms with van der Waals surface area (Å²) >= 11 is 0. The lowest BCUT2D eigenvalue weighted by atomic mass is 9.93.